The second-order valence-electron chi connectivity index (χ2n) is 6.46. The molecule has 0 saturated heterocycles. The van der Waals surface area contributed by atoms with Crippen molar-refractivity contribution in [3.8, 4) is 0 Å². The van der Waals surface area contributed by atoms with E-state index in [0.717, 1.165) is 35.5 Å². The van der Waals surface area contributed by atoms with Crippen LogP contribution >= 0.6 is 0 Å². The predicted octanol–water partition coefficient (Wildman–Crippen LogP) is 4.71. The van der Waals surface area contributed by atoms with Gasteiger partial charge in [0.15, 0.2) is 0 Å². The second-order valence-corrected chi connectivity index (χ2v) is 6.46. The molecule has 1 atom stereocenters. The molecular formula is C21H20N2O. The van der Waals surface area contributed by atoms with Gasteiger partial charge in [-0.2, -0.15) is 0 Å². The van der Waals surface area contributed by atoms with Gasteiger partial charge >= 0.3 is 0 Å². The van der Waals surface area contributed by atoms with Crippen LogP contribution in [0.2, 0.25) is 0 Å². The highest BCUT2D eigenvalue weighted by molar-refractivity contribution is 6.15. The minimum atomic E-state index is 0.0282. The number of hydrogen-bond donors (Lipinski definition) is 1. The number of nitrogens with one attached hydrogen (secondary N) is 1. The van der Waals surface area contributed by atoms with Gasteiger partial charge in [-0.3, -0.25) is 9.69 Å². The van der Waals surface area contributed by atoms with E-state index in [2.05, 4.69) is 18.3 Å². The van der Waals surface area contributed by atoms with Crippen molar-refractivity contribution in [3.05, 3.63) is 83.7 Å². The summed E-state index contributed by atoms with van der Waals surface area (Å²) < 4.78 is 0. The van der Waals surface area contributed by atoms with Gasteiger partial charge in [-0.05, 0) is 43.0 Å². The van der Waals surface area contributed by atoms with E-state index in [1.54, 1.807) is 0 Å². The summed E-state index contributed by atoms with van der Waals surface area (Å²) in [6.07, 6.45) is 4.14. The van der Waals surface area contributed by atoms with E-state index in [4.69, 9.17) is 0 Å². The highest BCUT2D eigenvalue weighted by Crippen LogP contribution is 2.41. The zero-order chi connectivity index (χ0) is 16.5. The number of nitrogens with zero attached hydrogens (tertiary/aromatic N) is 1. The molecule has 1 aliphatic carbocycles. The molecule has 0 radical (unpaired) electrons. The Morgan fingerprint density at radius 3 is 2.38 bits per heavy atom. The maximum absolute atomic E-state index is 13.1. The number of anilines is 2. The Bertz CT molecular complexity index is 821. The second kappa shape index (κ2) is 6.00. The molecule has 1 heterocycles. The maximum Gasteiger partial charge on any atom is 0.279 e. The van der Waals surface area contributed by atoms with Gasteiger partial charge in [0.25, 0.3) is 5.91 Å². The third-order valence-corrected chi connectivity index (χ3v) is 4.59. The SMILES string of the molecule is C[C@@H]1CC=C2C(=C(Nc3ccccc3)C(=O)N2c2ccccc2)C1. The Hall–Kier alpha value is -2.81. The minimum Gasteiger partial charge on any atom is -0.351 e. The summed E-state index contributed by atoms with van der Waals surface area (Å²) in [4.78, 5) is 15.0. The van der Waals surface area contributed by atoms with E-state index in [9.17, 15) is 4.79 Å². The standard InChI is InChI=1S/C21H20N2O/c1-15-12-13-19-18(14-15)20(22-16-8-4-2-5-9-16)21(24)23(19)17-10-6-3-7-11-17/h2-11,13,15,22H,12,14H2,1H3/t15-/m1/s1. The lowest BCUT2D eigenvalue weighted by molar-refractivity contribution is -0.114. The number of allylic oxidation sites excluding steroid dienone is 2. The van der Waals surface area contributed by atoms with E-state index in [-0.39, 0.29) is 5.91 Å². The van der Waals surface area contributed by atoms with Crippen LogP contribution in [0.4, 0.5) is 11.4 Å². The fourth-order valence-electron chi connectivity index (χ4n) is 3.41. The van der Waals surface area contributed by atoms with E-state index >= 15 is 0 Å². The van der Waals surface area contributed by atoms with Crippen molar-refractivity contribution in [3.63, 3.8) is 0 Å². The van der Waals surface area contributed by atoms with Crippen LogP contribution in [0.3, 0.4) is 0 Å². The van der Waals surface area contributed by atoms with Gasteiger partial charge in [0, 0.05) is 16.9 Å². The smallest absolute Gasteiger partial charge is 0.279 e. The Kier molecular flexibility index (Phi) is 3.69. The van der Waals surface area contributed by atoms with E-state index in [1.165, 1.54) is 0 Å². The van der Waals surface area contributed by atoms with Gasteiger partial charge in [0.05, 0.1) is 5.70 Å². The van der Waals surface area contributed by atoms with Crippen molar-refractivity contribution in [2.75, 3.05) is 10.2 Å². The zero-order valence-electron chi connectivity index (χ0n) is 13.7. The highest BCUT2D eigenvalue weighted by Gasteiger charge is 2.38. The average Bonchev–Trinajstić information content (AvgIpc) is 2.88. The van der Waals surface area contributed by atoms with E-state index < -0.39 is 0 Å². The van der Waals surface area contributed by atoms with Crippen LogP contribution < -0.4 is 10.2 Å². The molecule has 2 aromatic rings. The lowest BCUT2D eigenvalue weighted by Gasteiger charge is -2.24. The van der Waals surface area contributed by atoms with Crippen LogP contribution in [-0.4, -0.2) is 5.91 Å². The van der Waals surface area contributed by atoms with Crippen LogP contribution in [0.5, 0.6) is 0 Å². The van der Waals surface area contributed by atoms with Crippen LogP contribution in [0, 0.1) is 5.92 Å². The Morgan fingerprint density at radius 1 is 1.00 bits per heavy atom. The van der Waals surface area contributed by atoms with Crippen LogP contribution in [0.25, 0.3) is 0 Å². The first-order valence-electron chi connectivity index (χ1n) is 8.39. The first-order valence-corrected chi connectivity index (χ1v) is 8.39. The van der Waals surface area contributed by atoms with Crippen molar-refractivity contribution >= 4 is 17.3 Å². The summed E-state index contributed by atoms with van der Waals surface area (Å²) in [5.74, 6) is 0.584. The highest BCUT2D eigenvalue weighted by atomic mass is 16.2. The molecule has 120 valence electrons. The van der Waals surface area contributed by atoms with Crippen molar-refractivity contribution in [2.45, 2.75) is 19.8 Å². The molecule has 0 saturated carbocycles. The zero-order valence-corrected chi connectivity index (χ0v) is 13.7. The quantitative estimate of drug-likeness (QED) is 0.889. The first kappa shape index (κ1) is 14.8. The lowest BCUT2D eigenvalue weighted by atomic mass is 9.90. The van der Waals surface area contributed by atoms with Crippen LogP contribution in [-0.2, 0) is 4.79 Å². The molecule has 0 fully saturated rings. The Labute approximate surface area is 142 Å². The normalized spacial score (nSPS) is 20.0. The molecule has 24 heavy (non-hydrogen) atoms. The number of para-hydroxylation sites is 2. The van der Waals surface area contributed by atoms with Crippen LogP contribution in [0.15, 0.2) is 83.7 Å². The van der Waals surface area contributed by atoms with Crippen molar-refractivity contribution in [1.82, 2.24) is 0 Å². The summed E-state index contributed by atoms with van der Waals surface area (Å²) >= 11 is 0. The first-order chi connectivity index (χ1) is 11.7. The Balaban J connectivity index is 1.77. The third kappa shape index (κ3) is 2.52. The van der Waals surface area contributed by atoms with Gasteiger partial charge in [0.2, 0.25) is 0 Å². The van der Waals surface area contributed by atoms with Gasteiger partial charge in [0.1, 0.15) is 5.70 Å². The number of carbonyl (C=O) groups excluding carboxylic acids is 1. The van der Waals surface area contributed by atoms with Crippen LogP contribution in [0.1, 0.15) is 19.8 Å². The summed E-state index contributed by atoms with van der Waals surface area (Å²) in [5, 5.41) is 3.36. The lowest BCUT2D eigenvalue weighted by Crippen LogP contribution is -2.27. The maximum atomic E-state index is 13.1. The summed E-state index contributed by atoms with van der Waals surface area (Å²) in [7, 11) is 0. The summed E-state index contributed by atoms with van der Waals surface area (Å²) in [6.45, 7) is 2.23. The van der Waals surface area contributed by atoms with Crippen molar-refractivity contribution < 1.29 is 4.79 Å². The predicted molar refractivity (Wildman–Crippen MR) is 97.5 cm³/mol. The largest absolute Gasteiger partial charge is 0.351 e. The molecular weight excluding hydrogens is 296 g/mol. The molecule has 0 aromatic heterocycles. The molecule has 1 aliphatic heterocycles. The molecule has 3 nitrogen and oxygen atoms in total. The Morgan fingerprint density at radius 2 is 1.67 bits per heavy atom. The molecule has 0 spiro atoms. The van der Waals surface area contributed by atoms with Crippen molar-refractivity contribution in [2.24, 2.45) is 5.92 Å². The van der Waals surface area contributed by atoms with Gasteiger partial charge in [-0.25, -0.2) is 0 Å². The van der Waals surface area contributed by atoms with Gasteiger partial charge in [-0.1, -0.05) is 49.4 Å². The fourth-order valence-corrected chi connectivity index (χ4v) is 3.41. The van der Waals surface area contributed by atoms with Crippen molar-refractivity contribution in [1.29, 1.82) is 0 Å². The topological polar surface area (TPSA) is 32.3 Å². The van der Waals surface area contributed by atoms with E-state index in [1.807, 2.05) is 65.6 Å². The number of amides is 1. The summed E-state index contributed by atoms with van der Waals surface area (Å²) in [5.41, 5.74) is 4.75. The molecule has 0 bridgehead atoms. The number of hydrogen-bond acceptors (Lipinski definition) is 2. The molecule has 1 N–H and O–H groups in total. The molecule has 1 amide bonds. The van der Waals surface area contributed by atoms with Gasteiger partial charge in [-0.15, -0.1) is 0 Å². The molecule has 0 unspecified atom stereocenters. The average molecular weight is 316 g/mol. The molecule has 3 heteroatoms. The molecule has 2 aromatic carbocycles. The monoisotopic (exact) mass is 316 g/mol. The number of carbonyl (C=O) groups is 1. The fraction of sp³-hybridized carbons (Fsp3) is 0.190. The van der Waals surface area contributed by atoms with E-state index in [0.29, 0.717) is 11.6 Å². The molecule has 2 aliphatic rings. The van der Waals surface area contributed by atoms with Gasteiger partial charge < -0.3 is 5.32 Å². The number of benzene rings is 2. The number of rotatable bonds is 3. The minimum absolute atomic E-state index is 0.0282. The molecule has 4 rings (SSSR count). The third-order valence-electron chi connectivity index (χ3n) is 4.59. The number of fused-ring (bicyclic) bond motifs is 1. The summed E-state index contributed by atoms with van der Waals surface area (Å²) in [6, 6.07) is 19.8.